The van der Waals surface area contributed by atoms with Gasteiger partial charge in [0.25, 0.3) is 5.91 Å². The lowest BCUT2D eigenvalue weighted by Crippen LogP contribution is -2.25. The van der Waals surface area contributed by atoms with Gasteiger partial charge in [-0.2, -0.15) is 5.10 Å². The Morgan fingerprint density at radius 1 is 1.59 bits per heavy atom. The molecule has 0 bridgehead atoms. The van der Waals surface area contributed by atoms with Crippen molar-refractivity contribution in [3.63, 3.8) is 0 Å². The Hall–Kier alpha value is -2.18. The number of aromatic amines is 1. The molecule has 0 atom stereocenters. The molecule has 0 unspecified atom stereocenters. The number of carbonyl (C=O) groups is 1. The molecule has 2 aromatic rings. The second kappa shape index (κ2) is 5.24. The van der Waals surface area contributed by atoms with Crippen molar-refractivity contribution in [1.29, 1.82) is 0 Å². The molecule has 1 amide bonds. The topological polar surface area (TPSA) is 88.5 Å². The zero-order chi connectivity index (χ0) is 12.1. The molecule has 0 saturated carbocycles. The molecule has 0 aliphatic rings. The Labute approximate surface area is 98.2 Å². The summed E-state index contributed by atoms with van der Waals surface area (Å²) in [5.41, 5.74) is 1.37. The van der Waals surface area contributed by atoms with E-state index >= 15 is 0 Å². The number of hydrogen-bond acceptors (Lipinski definition) is 4. The van der Waals surface area contributed by atoms with Crippen molar-refractivity contribution in [3.8, 4) is 0 Å². The predicted octanol–water partition coefficient (Wildman–Crippen LogP) is 0.130. The monoisotopic (exact) mass is 234 g/mol. The highest BCUT2D eigenvalue weighted by Gasteiger charge is 2.09. The largest absolute Gasteiger partial charge is 0.352 e. The summed E-state index contributed by atoms with van der Waals surface area (Å²) in [6.07, 6.45) is 5.77. The van der Waals surface area contributed by atoms with Crippen LogP contribution in [0.2, 0.25) is 0 Å². The number of aromatic nitrogens is 5. The summed E-state index contributed by atoms with van der Waals surface area (Å²) in [5, 5.41) is 16.9. The third kappa shape index (κ3) is 2.90. The quantitative estimate of drug-likeness (QED) is 0.720. The number of hydrogen-bond donors (Lipinski definition) is 2. The van der Waals surface area contributed by atoms with Crippen molar-refractivity contribution < 1.29 is 4.79 Å². The van der Waals surface area contributed by atoms with Gasteiger partial charge in [-0.05, 0) is 13.3 Å². The Morgan fingerprint density at radius 3 is 3.12 bits per heavy atom. The molecule has 0 aliphatic heterocycles. The Balaban J connectivity index is 1.72. The zero-order valence-electron chi connectivity index (χ0n) is 9.55. The Bertz CT molecular complexity index is 475. The van der Waals surface area contributed by atoms with Crippen molar-refractivity contribution in [2.45, 2.75) is 19.9 Å². The normalized spacial score (nSPS) is 10.4. The van der Waals surface area contributed by atoms with E-state index in [2.05, 4.69) is 25.8 Å². The summed E-state index contributed by atoms with van der Waals surface area (Å²) in [6, 6.07) is 0. The highest BCUT2D eigenvalue weighted by atomic mass is 16.1. The maximum absolute atomic E-state index is 11.7. The molecular formula is C10H14N6O. The maximum atomic E-state index is 11.7. The van der Waals surface area contributed by atoms with E-state index in [9.17, 15) is 4.79 Å². The second-order valence-corrected chi connectivity index (χ2v) is 3.68. The molecule has 2 aromatic heterocycles. The fraction of sp³-hybridized carbons (Fsp3) is 0.400. The van der Waals surface area contributed by atoms with E-state index in [1.165, 1.54) is 6.20 Å². The van der Waals surface area contributed by atoms with Crippen molar-refractivity contribution in [3.05, 3.63) is 29.8 Å². The summed E-state index contributed by atoms with van der Waals surface area (Å²) < 4.78 is 1.73. The minimum absolute atomic E-state index is 0.102. The fourth-order valence-corrected chi connectivity index (χ4v) is 1.47. The lowest BCUT2D eigenvalue weighted by Gasteiger charge is -2.04. The second-order valence-electron chi connectivity index (χ2n) is 3.68. The molecule has 2 N–H and O–H groups in total. The standard InChI is InChI=1S/C10H14N6O/c1-8-9(7-13-14-8)10(17)11-3-2-5-16-6-4-12-15-16/h4,6-7H,2-3,5H2,1H3,(H,11,17)(H,13,14). The molecule has 7 nitrogen and oxygen atoms in total. The van der Waals surface area contributed by atoms with Gasteiger partial charge in [0.1, 0.15) is 0 Å². The average molecular weight is 234 g/mol. The average Bonchev–Trinajstić information content (AvgIpc) is 2.95. The third-order valence-corrected chi connectivity index (χ3v) is 2.40. The van der Waals surface area contributed by atoms with Crippen LogP contribution in [0.4, 0.5) is 0 Å². The SMILES string of the molecule is Cc1[nH]ncc1C(=O)NCCCn1ccnn1. The van der Waals surface area contributed by atoms with E-state index in [0.29, 0.717) is 12.1 Å². The zero-order valence-corrected chi connectivity index (χ0v) is 9.55. The fourth-order valence-electron chi connectivity index (χ4n) is 1.47. The minimum Gasteiger partial charge on any atom is -0.352 e. The van der Waals surface area contributed by atoms with E-state index in [1.807, 2.05) is 6.92 Å². The molecule has 0 fully saturated rings. The van der Waals surface area contributed by atoms with Gasteiger partial charge in [-0.1, -0.05) is 5.21 Å². The summed E-state index contributed by atoms with van der Waals surface area (Å²) in [6.45, 7) is 3.16. The van der Waals surface area contributed by atoms with E-state index in [1.54, 1.807) is 17.1 Å². The van der Waals surface area contributed by atoms with E-state index in [-0.39, 0.29) is 5.91 Å². The van der Waals surface area contributed by atoms with Crippen LogP contribution >= 0.6 is 0 Å². The summed E-state index contributed by atoms with van der Waals surface area (Å²) >= 11 is 0. The number of nitrogens with one attached hydrogen (secondary N) is 2. The third-order valence-electron chi connectivity index (χ3n) is 2.40. The van der Waals surface area contributed by atoms with Gasteiger partial charge in [0.05, 0.1) is 18.0 Å². The van der Waals surface area contributed by atoms with Crippen LogP contribution in [0.15, 0.2) is 18.6 Å². The number of H-pyrrole nitrogens is 1. The van der Waals surface area contributed by atoms with Crippen molar-refractivity contribution >= 4 is 5.91 Å². The summed E-state index contributed by atoms with van der Waals surface area (Å²) in [5.74, 6) is -0.102. The van der Waals surface area contributed by atoms with Crippen LogP contribution in [-0.2, 0) is 6.54 Å². The van der Waals surface area contributed by atoms with Crippen LogP contribution in [0.25, 0.3) is 0 Å². The lowest BCUT2D eigenvalue weighted by atomic mass is 10.2. The first kappa shape index (κ1) is 11.3. The molecule has 0 radical (unpaired) electrons. The van der Waals surface area contributed by atoms with Crippen molar-refractivity contribution in [2.24, 2.45) is 0 Å². The molecule has 0 spiro atoms. The molecule has 0 aliphatic carbocycles. The highest BCUT2D eigenvalue weighted by molar-refractivity contribution is 5.94. The van der Waals surface area contributed by atoms with Gasteiger partial charge in [-0.3, -0.25) is 14.6 Å². The predicted molar refractivity (Wildman–Crippen MR) is 60.3 cm³/mol. The van der Waals surface area contributed by atoms with Gasteiger partial charge >= 0.3 is 0 Å². The Morgan fingerprint density at radius 2 is 2.47 bits per heavy atom. The van der Waals surface area contributed by atoms with Crippen LogP contribution in [0, 0.1) is 6.92 Å². The number of rotatable bonds is 5. The van der Waals surface area contributed by atoms with Gasteiger partial charge in [0.15, 0.2) is 0 Å². The molecule has 17 heavy (non-hydrogen) atoms. The first-order chi connectivity index (χ1) is 8.27. The number of carbonyl (C=O) groups excluding carboxylic acids is 1. The van der Waals surface area contributed by atoms with Crippen LogP contribution < -0.4 is 5.32 Å². The van der Waals surface area contributed by atoms with E-state index in [4.69, 9.17) is 0 Å². The number of aryl methyl sites for hydroxylation is 2. The Kier molecular flexibility index (Phi) is 3.49. The van der Waals surface area contributed by atoms with Crippen LogP contribution in [0.5, 0.6) is 0 Å². The molecule has 0 saturated heterocycles. The van der Waals surface area contributed by atoms with Crippen molar-refractivity contribution in [1.82, 2.24) is 30.5 Å². The molecule has 0 aromatic carbocycles. The maximum Gasteiger partial charge on any atom is 0.254 e. The van der Waals surface area contributed by atoms with Gasteiger partial charge in [0, 0.05) is 25.0 Å². The van der Waals surface area contributed by atoms with Gasteiger partial charge in [0.2, 0.25) is 0 Å². The molecule has 7 heteroatoms. The minimum atomic E-state index is -0.102. The number of amides is 1. The highest BCUT2D eigenvalue weighted by Crippen LogP contribution is 2.01. The number of nitrogens with zero attached hydrogens (tertiary/aromatic N) is 4. The first-order valence-electron chi connectivity index (χ1n) is 5.39. The van der Waals surface area contributed by atoms with Crippen LogP contribution in [-0.4, -0.2) is 37.6 Å². The molecule has 90 valence electrons. The lowest BCUT2D eigenvalue weighted by molar-refractivity contribution is 0.0952. The molecule has 2 rings (SSSR count). The van der Waals surface area contributed by atoms with Gasteiger partial charge in [-0.15, -0.1) is 5.10 Å². The van der Waals surface area contributed by atoms with E-state index < -0.39 is 0 Å². The summed E-state index contributed by atoms with van der Waals surface area (Å²) in [4.78, 5) is 11.7. The van der Waals surface area contributed by atoms with Gasteiger partial charge in [-0.25, -0.2) is 0 Å². The van der Waals surface area contributed by atoms with Crippen LogP contribution in [0.1, 0.15) is 22.5 Å². The molecule has 2 heterocycles. The van der Waals surface area contributed by atoms with Crippen molar-refractivity contribution in [2.75, 3.05) is 6.54 Å². The molecular weight excluding hydrogens is 220 g/mol. The van der Waals surface area contributed by atoms with Gasteiger partial charge < -0.3 is 5.32 Å². The van der Waals surface area contributed by atoms with E-state index in [0.717, 1.165) is 18.7 Å². The smallest absolute Gasteiger partial charge is 0.254 e. The van der Waals surface area contributed by atoms with Crippen LogP contribution in [0.3, 0.4) is 0 Å². The first-order valence-corrected chi connectivity index (χ1v) is 5.39. The summed E-state index contributed by atoms with van der Waals surface area (Å²) in [7, 11) is 0.